The zero-order valence-electron chi connectivity index (χ0n) is 15.7. The first-order valence-corrected chi connectivity index (χ1v) is 9.53. The molecule has 5 rings (SSSR count). The Morgan fingerprint density at radius 2 is 1.93 bits per heavy atom. The maximum absolute atomic E-state index is 12.5. The molecular weight excluding hydrogens is 364 g/mol. The first-order chi connectivity index (χ1) is 14.2. The van der Waals surface area contributed by atoms with Gasteiger partial charge in [-0.15, -0.1) is 5.10 Å². The van der Waals surface area contributed by atoms with Crippen LogP contribution in [0.5, 0.6) is 0 Å². The zero-order chi connectivity index (χ0) is 19.8. The lowest BCUT2D eigenvalue weighted by Crippen LogP contribution is -2.29. The molecule has 0 unspecified atom stereocenters. The number of nitrogens with two attached hydrogens (primary N) is 1. The van der Waals surface area contributed by atoms with Gasteiger partial charge in [0.25, 0.3) is 5.91 Å². The molecule has 146 valence electrons. The van der Waals surface area contributed by atoms with Crippen LogP contribution in [0.25, 0.3) is 16.9 Å². The van der Waals surface area contributed by atoms with Gasteiger partial charge in [0.05, 0.1) is 5.69 Å². The van der Waals surface area contributed by atoms with Crippen LogP contribution in [-0.4, -0.2) is 38.5 Å². The molecule has 0 atom stereocenters. The molecule has 3 heterocycles. The second-order valence-corrected chi connectivity index (χ2v) is 6.99. The molecule has 2 aromatic carbocycles. The van der Waals surface area contributed by atoms with Gasteiger partial charge in [-0.3, -0.25) is 4.79 Å². The Balaban J connectivity index is 0.00000218. The largest absolute Gasteiger partial charge is 0.333 e. The van der Waals surface area contributed by atoms with E-state index in [1.807, 2.05) is 65.2 Å². The number of carbonyl (C=O) groups is 1. The second kappa shape index (κ2) is 7.03. The van der Waals surface area contributed by atoms with Gasteiger partial charge in [-0.25, -0.2) is 4.52 Å². The number of aromatic nitrogens is 3. The van der Waals surface area contributed by atoms with Crippen LogP contribution in [0.3, 0.4) is 0 Å². The summed E-state index contributed by atoms with van der Waals surface area (Å²) in [5, 5.41) is 7.87. The van der Waals surface area contributed by atoms with Crippen LogP contribution in [0.2, 0.25) is 0 Å². The van der Waals surface area contributed by atoms with Gasteiger partial charge in [-0.2, -0.15) is 4.98 Å². The topological polar surface area (TPSA) is 88.5 Å². The standard InChI is InChI=1S/C22H20N6O.H2/c23-11-12-27-14-16-13-15(9-10-18(16)21(27)29)19-7-4-8-20-25-22(26-28(19)20)24-17-5-2-1-3-6-17;/h1-10,13H,11-12,14,23H2,(H,24,26);1H. The van der Waals surface area contributed by atoms with Crippen LogP contribution >= 0.6 is 0 Å². The third kappa shape index (κ3) is 3.11. The van der Waals surface area contributed by atoms with E-state index in [0.29, 0.717) is 25.6 Å². The van der Waals surface area contributed by atoms with E-state index in [1.165, 1.54) is 0 Å². The Hall–Kier alpha value is -3.71. The molecule has 1 aliphatic rings. The Morgan fingerprint density at radius 3 is 2.76 bits per heavy atom. The van der Waals surface area contributed by atoms with Crippen molar-refractivity contribution in [3.05, 3.63) is 77.9 Å². The van der Waals surface area contributed by atoms with Gasteiger partial charge >= 0.3 is 0 Å². The van der Waals surface area contributed by atoms with Crippen LogP contribution in [0.15, 0.2) is 66.7 Å². The van der Waals surface area contributed by atoms with Gasteiger partial charge in [0, 0.05) is 37.9 Å². The van der Waals surface area contributed by atoms with Crippen molar-refractivity contribution in [2.75, 3.05) is 18.4 Å². The Kier molecular flexibility index (Phi) is 4.22. The summed E-state index contributed by atoms with van der Waals surface area (Å²) < 4.78 is 1.82. The quantitative estimate of drug-likeness (QED) is 0.549. The van der Waals surface area contributed by atoms with Gasteiger partial charge in [-0.05, 0) is 42.0 Å². The predicted octanol–water partition coefficient (Wildman–Crippen LogP) is 3.30. The van der Waals surface area contributed by atoms with Crippen LogP contribution in [-0.2, 0) is 6.54 Å². The summed E-state index contributed by atoms with van der Waals surface area (Å²) in [5.41, 5.74) is 11.0. The minimum Gasteiger partial charge on any atom is -0.333 e. The summed E-state index contributed by atoms with van der Waals surface area (Å²) in [6.45, 7) is 1.62. The molecule has 1 aliphatic heterocycles. The maximum Gasteiger partial charge on any atom is 0.254 e. The molecule has 0 bridgehead atoms. The molecular formula is C22H22N6O. The van der Waals surface area contributed by atoms with Crippen molar-refractivity contribution < 1.29 is 6.22 Å². The number of amides is 1. The molecule has 1 amide bonds. The molecule has 2 aromatic heterocycles. The Labute approximate surface area is 169 Å². The maximum atomic E-state index is 12.5. The molecule has 7 heteroatoms. The van der Waals surface area contributed by atoms with Crippen LogP contribution in [0, 0.1) is 0 Å². The SMILES string of the molecule is NCCN1Cc2cc(-c3cccc4nc(Nc5ccccc5)nn34)ccc2C1=O.[HH]. The van der Waals surface area contributed by atoms with Gasteiger partial charge in [-0.1, -0.05) is 30.3 Å². The average molecular weight is 386 g/mol. The van der Waals surface area contributed by atoms with Crippen molar-refractivity contribution in [1.29, 1.82) is 0 Å². The molecule has 7 nitrogen and oxygen atoms in total. The number of carbonyl (C=O) groups excluding carboxylic acids is 1. The minimum atomic E-state index is 0. The highest BCUT2D eigenvalue weighted by molar-refractivity contribution is 5.99. The molecule has 3 N–H and O–H groups in total. The summed E-state index contributed by atoms with van der Waals surface area (Å²) in [4.78, 5) is 18.8. The number of benzene rings is 2. The summed E-state index contributed by atoms with van der Waals surface area (Å²) in [7, 11) is 0. The fourth-order valence-electron chi connectivity index (χ4n) is 3.70. The molecule has 29 heavy (non-hydrogen) atoms. The van der Waals surface area contributed by atoms with Gasteiger partial charge in [0.2, 0.25) is 5.95 Å². The number of pyridine rings is 1. The number of rotatable bonds is 5. The van der Waals surface area contributed by atoms with Gasteiger partial charge in [0.15, 0.2) is 5.65 Å². The van der Waals surface area contributed by atoms with Gasteiger partial charge in [0.1, 0.15) is 0 Å². The van der Waals surface area contributed by atoms with Crippen LogP contribution < -0.4 is 11.1 Å². The van der Waals surface area contributed by atoms with Crippen LogP contribution in [0.4, 0.5) is 11.6 Å². The van der Waals surface area contributed by atoms with Gasteiger partial charge < -0.3 is 16.0 Å². The molecule has 0 spiro atoms. The fraction of sp³-hybridized carbons (Fsp3) is 0.136. The molecule has 0 fully saturated rings. The van der Waals surface area contributed by atoms with Crippen molar-refractivity contribution in [3.8, 4) is 11.3 Å². The summed E-state index contributed by atoms with van der Waals surface area (Å²) >= 11 is 0. The monoisotopic (exact) mass is 386 g/mol. The van der Waals surface area contributed by atoms with E-state index in [9.17, 15) is 4.79 Å². The number of para-hydroxylation sites is 1. The highest BCUT2D eigenvalue weighted by Crippen LogP contribution is 2.29. The number of fused-ring (bicyclic) bond motifs is 2. The summed E-state index contributed by atoms with van der Waals surface area (Å²) in [6, 6.07) is 21.6. The highest BCUT2D eigenvalue weighted by Gasteiger charge is 2.27. The molecule has 0 aliphatic carbocycles. The smallest absolute Gasteiger partial charge is 0.254 e. The lowest BCUT2D eigenvalue weighted by atomic mass is 10.0. The van der Waals surface area contributed by atoms with Crippen molar-refractivity contribution in [1.82, 2.24) is 19.5 Å². The van der Waals surface area contributed by atoms with Crippen molar-refractivity contribution in [3.63, 3.8) is 0 Å². The number of anilines is 2. The number of nitrogens with one attached hydrogen (secondary N) is 1. The van der Waals surface area contributed by atoms with Crippen LogP contribution in [0.1, 0.15) is 17.3 Å². The predicted molar refractivity (Wildman–Crippen MR) is 114 cm³/mol. The second-order valence-electron chi connectivity index (χ2n) is 6.99. The third-order valence-electron chi connectivity index (χ3n) is 5.07. The van der Waals surface area contributed by atoms with E-state index in [-0.39, 0.29) is 7.33 Å². The Morgan fingerprint density at radius 1 is 1.07 bits per heavy atom. The zero-order valence-corrected chi connectivity index (χ0v) is 15.7. The minimum absolute atomic E-state index is 0. The number of nitrogens with zero attached hydrogens (tertiary/aromatic N) is 4. The molecule has 4 aromatic rings. The number of hydrogen-bond donors (Lipinski definition) is 2. The fourth-order valence-corrected chi connectivity index (χ4v) is 3.70. The average Bonchev–Trinajstić information content (AvgIpc) is 3.29. The lowest BCUT2D eigenvalue weighted by Gasteiger charge is -2.13. The molecule has 0 saturated heterocycles. The van der Waals surface area contributed by atoms with E-state index >= 15 is 0 Å². The Bertz CT molecular complexity index is 1210. The first kappa shape index (κ1) is 17.4. The van der Waals surface area contributed by atoms with E-state index in [1.54, 1.807) is 4.90 Å². The number of hydrogen-bond acceptors (Lipinski definition) is 5. The van der Waals surface area contributed by atoms with Crippen molar-refractivity contribution >= 4 is 23.2 Å². The normalized spacial score (nSPS) is 13.1. The van der Waals surface area contributed by atoms with E-state index in [0.717, 1.165) is 33.7 Å². The van der Waals surface area contributed by atoms with Crippen molar-refractivity contribution in [2.24, 2.45) is 5.73 Å². The van der Waals surface area contributed by atoms with E-state index in [2.05, 4.69) is 21.5 Å². The lowest BCUT2D eigenvalue weighted by molar-refractivity contribution is 0.0783. The first-order valence-electron chi connectivity index (χ1n) is 9.53. The highest BCUT2D eigenvalue weighted by atomic mass is 16.2. The summed E-state index contributed by atoms with van der Waals surface area (Å²) in [5.74, 6) is 0.583. The summed E-state index contributed by atoms with van der Waals surface area (Å²) in [6.07, 6.45) is 0. The van der Waals surface area contributed by atoms with E-state index in [4.69, 9.17) is 5.73 Å². The van der Waals surface area contributed by atoms with Crippen molar-refractivity contribution in [2.45, 2.75) is 6.54 Å². The third-order valence-corrected chi connectivity index (χ3v) is 5.07. The molecule has 0 radical (unpaired) electrons. The van der Waals surface area contributed by atoms with E-state index < -0.39 is 0 Å². The molecule has 0 saturated carbocycles.